The Balaban J connectivity index is 1.93. The number of benzene rings is 1. The van der Waals surface area contributed by atoms with E-state index in [1.165, 1.54) is 62.7 Å². The van der Waals surface area contributed by atoms with Gasteiger partial charge in [0.2, 0.25) is 0 Å². The van der Waals surface area contributed by atoms with E-state index in [2.05, 4.69) is 36.5 Å². The van der Waals surface area contributed by atoms with Gasteiger partial charge in [-0.25, -0.2) is 0 Å². The van der Waals surface area contributed by atoms with Crippen LogP contribution in [-0.2, 0) is 0 Å². The Hall–Kier alpha value is -0.603. The third kappa shape index (κ3) is 2.66. The summed E-state index contributed by atoms with van der Waals surface area (Å²) in [5.41, 5.74) is 2.25. The molecule has 1 unspecified atom stereocenters. The second kappa shape index (κ2) is 5.80. The highest BCUT2D eigenvalue weighted by Gasteiger charge is 2.43. The largest absolute Gasteiger partial charge is 0.316 e. The van der Waals surface area contributed by atoms with Crippen LogP contribution in [-0.4, -0.2) is 20.3 Å². The smallest absolute Gasteiger partial charge is 0.104 e. The zero-order valence-electron chi connectivity index (χ0n) is 12.3. The van der Waals surface area contributed by atoms with Gasteiger partial charge < -0.3 is 5.32 Å². The predicted octanol–water partition coefficient (Wildman–Crippen LogP) is 3.52. The lowest BCUT2D eigenvalue weighted by molar-refractivity contribution is 0.465. The van der Waals surface area contributed by atoms with E-state index in [0.717, 1.165) is 5.67 Å². The van der Waals surface area contributed by atoms with Gasteiger partial charge in [-0.05, 0) is 26.3 Å². The first-order chi connectivity index (χ1) is 9.31. The van der Waals surface area contributed by atoms with Gasteiger partial charge in [0, 0.05) is 5.67 Å². The first-order valence-corrected chi connectivity index (χ1v) is 10.6. The summed E-state index contributed by atoms with van der Waals surface area (Å²) < 4.78 is 0. The number of hydrogen-bond donors (Lipinski definition) is 1. The second-order valence-corrected chi connectivity index (χ2v) is 11.2. The second-order valence-electron chi connectivity index (χ2n) is 6.59. The molecule has 2 fully saturated rings. The molecule has 1 atom stereocenters. The minimum Gasteiger partial charge on any atom is -0.316 e. The van der Waals surface area contributed by atoms with Crippen molar-refractivity contribution in [1.82, 2.24) is 5.32 Å². The molecule has 0 amide bonds. The Bertz CT molecular complexity index is 400. The monoisotopic (exact) mass is 273 g/mol. The van der Waals surface area contributed by atoms with Gasteiger partial charge in [-0.15, -0.1) is 0 Å². The highest BCUT2D eigenvalue weighted by Crippen LogP contribution is 2.33. The molecule has 0 bridgehead atoms. The van der Waals surface area contributed by atoms with Crippen molar-refractivity contribution in [1.29, 1.82) is 0 Å². The molecule has 0 aliphatic carbocycles. The molecule has 0 saturated carbocycles. The third-order valence-electron chi connectivity index (χ3n) is 5.35. The zero-order valence-corrected chi connectivity index (χ0v) is 13.3. The standard InChI is InChI=1S/C17H27NSi/c1-15-8-10-16(11-9-15)19(13-5-2-6-14-19)17-7-3-4-12-18-17/h8-11,17-18H,2-7,12-14H2,1H3. The van der Waals surface area contributed by atoms with Crippen LogP contribution in [0.3, 0.4) is 0 Å². The van der Waals surface area contributed by atoms with Crippen LogP contribution >= 0.6 is 0 Å². The lowest BCUT2D eigenvalue weighted by Gasteiger charge is -2.44. The summed E-state index contributed by atoms with van der Waals surface area (Å²) in [6.07, 6.45) is 8.66. The summed E-state index contributed by atoms with van der Waals surface area (Å²) in [5, 5.41) is 5.64. The molecule has 0 aromatic heterocycles. The van der Waals surface area contributed by atoms with E-state index in [4.69, 9.17) is 0 Å². The highest BCUT2D eigenvalue weighted by molar-refractivity contribution is 6.93. The lowest BCUT2D eigenvalue weighted by Crippen LogP contribution is -2.64. The predicted molar refractivity (Wildman–Crippen MR) is 85.7 cm³/mol. The highest BCUT2D eigenvalue weighted by atomic mass is 28.3. The Morgan fingerprint density at radius 3 is 2.32 bits per heavy atom. The molecule has 2 heteroatoms. The Kier molecular flexibility index (Phi) is 4.09. The molecule has 0 spiro atoms. The first-order valence-electron chi connectivity index (χ1n) is 8.12. The fourth-order valence-corrected chi connectivity index (χ4v) is 10.0. The summed E-state index contributed by atoms with van der Waals surface area (Å²) in [5.74, 6) is 0. The summed E-state index contributed by atoms with van der Waals surface area (Å²) in [6.45, 7) is 3.46. The first kappa shape index (κ1) is 13.4. The summed E-state index contributed by atoms with van der Waals surface area (Å²) >= 11 is 0. The number of hydrogen-bond acceptors (Lipinski definition) is 1. The van der Waals surface area contributed by atoms with Crippen LogP contribution < -0.4 is 10.5 Å². The van der Waals surface area contributed by atoms with Gasteiger partial charge in [0.15, 0.2) is 0 Å². The fraction of sp³-hybridized carbons (Fsp3) is 0.647. The van der Waals surface area contributed by atoms with Crippen LogP contribution in [0.25, 0.3) is 0 Å². The number of rotatable bonds is 2. The molecule has 19 heavy (non-hydrogen) atoms. The van der Waals surface area contributed by atoms with E-state index in [-0.39, 0.29) is 0 Å². The Morgan fingerprint density at radius 2 is 1.68 bits per heavy atom. The molecular formula is C17H27NSi. The molecule has 3 rings (SSSR count). The van der Waals surface area contributed by atoms with Gasteiger partial charge in [-0.3, -0.25) is 0 Å². The normalized spacial score (nSPS) is 27.1. The number of aryl methyl sites for hydroxylation is 1. The van der Waals surface area contributed by atoms with Crippen LogP contribution in [0.4, 0.5) is 0 Å². The third-order valence-corrected chi connectivity index (χ3v) is 11.2. The molecule has 1 nitrogen and oxygen atoms in total. The van der Waals surface area contributed by atoms with Crippen LogP contribution in [0.15, 0.2) is 24.3 Å². The molecule has 2 saturated heterocycles. The van der Waals surface area contributed by atoms with Crippen LogP contribution in [0, 0.1) is 6.92 Å². The molecule has 2 aliphatic rings. The van der Waals surface area contributed by atoms with Gasteiger partial charge >= 0.3 is 0 Å². The minimum atomic E-state index is -1.29. The number of piperidine rings is 1. The molecule has 1 N–H and O–H groups in total. The van der Waals surface area contributed by atoms with Gasteiger partial charge in [0.1, 0.15) is 8.07 Å². The lowest BCUT2D eigenvalue weighted by atomic mass is 10.2. The molecule has 104 valence electrons. The quantitative estimate of drug-likeness (QED) is 0.813. The fourth-order valence-electron chi connectivity index (χ4n) is 4.23. The molecule has 2 aliphatic heterocycles. The molecule has 0 radical (unpaired) electrons. The average Bonchev–Trinajstić information content (AvgIpc) is 2.49. The van der Waals surface area contributed by atoms with Gasteiger partial charge in [0.05, 0.1) is 0 Å². The summed E-state index contributed by atoms with van der Waals surface area (Å²) in [7, 11) is -1.29. The Morgan fingerprint density at radius 1 is 0.947 bits per heavy atom. The van der Waals surface area contributed by atoms with E-state index in [1.807, 2.05) is 0 Å². The van der Waals surface area contributed by atoms with E-state index in [0.29, 0.717) is 0 Å². The maximum absolute atomic E-state index is 3.90. The molecule has 1 aromatic rings. The molecule has 2 heterocycles. The summed E-state index contributed by atoms with van der Waals surface area (Å²) in [6, 6.07) is 12.6. The van der Waals surface area contributed by atoms with Crippen molar-refractivity contribution in [2.24, 2.45) is 0 Å². The van der Waals surface area contributed by atoms with Crippen molar-refractivity contribution in [3.8, 4) is 0 Å². The van der Waals surface area contributed by atoms with Crippen molar-refractivity contribution in [2.75, 3.05) is 6.54 Å². The molecular weight excluding hydrogens is 246 g/mol. The maximum atomic E-state index is 3.90. The minimum absolute atomic E-state index is 0.851. The van der Waals surface area contributed by atoms with E-state index < -0.39 is 8.07 Å². The van der Waals surface area contributed by atoms with Crippen molar-refractivity contribution >= 4 is 13.3 Å². The zero-order chi connectivity index (χ0) is 13.1. The molecule has 1 aromatic carbocycles. The van der Waals surface area contributed by atoms with E-state index >= 15 is 0 Å². The maximum Gasteiger partial charge on any atom is 0.104 e. The number of nitrogens with one attached hydrogen (secondary N) is 1. The average molecular weight is 273 g/mol. The van der Waals surface area contributed by atoms with Gasteiger partial charge in [-0.2, -0.15) is 0 Å². The van der Waals surface area contributed by atoms with Crippen molar-refractivity contribution in [2.45, 2.75) is 63.2 Å². The van der Waals surface area contributed by atoms with Crippen LogP contribution in [0.5, 0.6) is 0 Å². The van der Waals surface area contributed by atoms with Crippen molar-refractivity contribution < 1.29 is 0 Å². The van der Waals surface area contributed by atoms with Gasteiger partial charge in [0.25, 0.3) is 0 Å². The topological polar surface area (TPSA) is 12.0 Å². The van der Waals surface area contributed by atoms with E-state index in [1.54, 1.807) is 5.19 Å². The summed E-state index contributed by atoms with van der Waals surface area (Å²) in [4.78, 5) is 0. The van der Waals surface area contributed by atoms with Crippen molar-refractivity contribution in [3.63, 3.8) is 0 Å². The van der Waals surface area contributed by atoms with Crippen LogP contribution in [0.1, 0.15) is 44.1 Å². The Labute approximate surface area is 118 Å². The van der Waals surface area contributed by atoms with E-state index in [9.17, 15) is 0 Å². The van der Waals surface area contributed by atoms with Gasteiger partial charge in [-0.1, -0.05) is 72.8 Å². The van der Waals surface area contributed by atoms with Crippen molar-refractivity contribution in [3.05, 3.63) is 29.8 Å². The van der Waals surface area contributed by atoms with Crippen LogP contribution in [0.2, 0.25) is 12.1 Å². The SMILES string of the molecule is Cc1ccc([Si]2(C3CCCCN3)CCCCC2)cc1.